The number of hydrogen-bond acceptors (Lipinski definition) is 11. The molecule has 23 heteroatoms. The molecule has 1 unspecified atom stereocenters. The summed E-state index contributed by atoms with van der Waals surface area (Å²) in [5.74, 6) is -1.92. The van der Waals surface area contributed by atoms with Crippen LogP contribution in [0, 0.1) is 5.82 Å². The Hall–Kier alpha value is -8.38. The summed E-state index contributed by atoms with van der Waals surface area (Å²) in [6, 6.07) is 39.1. The molecule has 5 amide bonds. The van der Waals surface area contributed by atoms with Gasteiger partial charge in [-0.1, -0.05) is 84.9 Å². The van der Waals surface area contributed by atoms with Gasteiger partial charge in [0.1, 0.15) is 30.9 Å². The molecule has 0 bridgehead atoms. The maximum Gasteiger partial charge on any atom is 0.416 e. The van der Waals surface area contributed by atoms with Gasteiger partial charge in [-0.25, -0.2) is 9.18 Å². The first-order chi connectivity index (χ1) is 45.5. The number of para-hydroxylation sites is 1. The number of nitrogens with one attached hydrogen (secondary N) is 2. The first kappa shape index (κ1) is 69.4. The van der Waals surface area contributed by atoms with Gasteiger partial charge in [-0.05, 0) is 147 Å². The predicted molar refractivity (Wildman–Crippen MR) is 346 cm³/mol. The Morgan fingerprint density at radius 3 is 1.99 bits per heavy atom. The lowest BCUT2D eigenvalue weighted by molar-refractivity contribution is -0.143. The summed E-state index contributed by atoms with van der Waals surface area (Å²) >= 11 is 0. The van der Waals surface area contributed by atoms with Crippen LogP contribution in [0.3, 0.4) is 0 Å². The lowest BCUT2D eigenvalue weighted by Crippen LogP contribution is -2.50. The first-order valence-electron chi connectivity index (χ1n) is 32.3. The van der Waals surface area contributed by atoms with Gasteiger partial charge in [0.25, 0.3) is 11.8 Å². The molecule has 10 rings (SSSR count). The molecule has 95 heavy (non-hydrogen) atoms. The van der Waals surface area contributed by atoms with E-state index in [0.717, 1.165) is 52.5 Å². The third-order valence-electron chi connectivity index (χ3n) is 19.0. The third-order valence-corrected chi connectivity index (χ3v) is 19.0. The third kappa shape index (κ3) is 17.4. The summed E-state index contributed by atoms with van der Waals surface area (Å²) < 4.78 is 116. The van der Waals surface area contributed by atoms with E-state index in [-0.39, 0.29) is 55.6 Å². The van der Waals surface area contributed by atoms with Gasteiger partial charge in [0.05, 0.1) is 29.5 Å². The van der Waals surface area contributed by atoms with Crippen molar-refractivity contribution in [3.8, 4) is 11.1 Å². The van der Waals surface area contributed by atoms with Crippen LogP contribution in [0.25, 0.3) is 11.1 Å². The highest BCUT2D eigenvalue weighted by Crippen LogP contribution is 2.48. The van der Waals surface area contributed by atoms with Crippen molar-refractivity contribution in [1.82, 2.24) is 29.4 Å². The summed E-state index contributed by atoms with van der Waals surface area (Å²) in [5.41, 5.74) is 1.05. The van der Waals surface area contributed by atoms with E-state index in [2.05, 4.69) is 32.6 Å². The van der Waals surface area contributed by atoms with Gasteiger partial charge in [-0.15, -0.1) is 0 Å². The molecule has 1 aliphatic carbocycles. The van der Waals surface area contributed by atoms with Crippen LogP contribution in [0.4, 0.5) is 46.9 Å². The standard InChI is InChI=1S/C72H81F7N8O8/c1-82(34-12-35-84(3)66(90)51-20-26-58(27-21-51)80-33-11-19-64(88)83(2)41-42-85-36-28-59(29-37-85)95-68(92)81-62-18-10-8-16-60(62)50-13-5-4-6-14-50)65(89)47-93-63-45-52-15-7-9-17-61(52)69(63)30-38-86(39-31-69)40-32-70(54-22-24-57(73)25-23-54)48-87(49-94-70)67(91)53-43-55(71(74,75)76)46-56(44-53)72(77,78)79/h4-10,13-18,20-27,43-44,46,59,63,80H,11-12,19,28-42,45,47-49H2,1-3H3,(H,81,92)/t63?,70-/m0/s1. The zero-order valence-electron chi connectivity index (χ0n) is 53.7. The number of likely N-dealkylation sites (N-methyl/N-ethyl adjacent to an activating group) is 2. The summed E-state index contributed by atoms with van der Waals surface area (Å²) in [6.07, 6.45) is -6.12. The van der Waals surface area contributed by atoms with Crippen LogP contribution in [0.15, 0.2) is 146 Å². The molecule has 3 aliphatic heterocycles. The highest BCUT2D eigenvalue weighted by Gasteiger charge is 2.50. The quantitative estimate of drug-likeness (QED) is 0.0439. The van der Waals surface area contributed by atoms with E-state index in [9.17, 15) is 54.7 Å². The molecule has 2 N–H and O–H groups in total. The zero-order chi connectivity index (χ0) is 67.5. The zero-order valence-corrected chi connectivity index (χ0v) is 53.7. The van der Waals surface area contributed by atoms with Crippen LogP contribution in [-0.4, -0.2) is 178 Å². The minimum Gasteiger partial charge on any atom is -0.446 e. The topological polar surface area (TPSA) is 157 Å². The molecule has 0 aromatic heterocycles. The molecule has 16 nitrogen and oxygen atoms in total. The molecule has 6 aromatic carbocycles. The molecule has 0 saturated carbocycles. The van der Waals surface area contributed by atoms with Crippen molar-refractivity contribution in [3.05, 3.63) is 190 Å². The van der Waals surface area contributed by atoms with Crippen molar-refractivity contribution in [3.63, 3.8) is 0 Å². The van der Waals surface area contributed by atoms with Crippen molar-refractivity contribution >= 4 is 41.1 Å². The van der Waals surface area contributed by atoms with Crippen LogP contribution in [0.1, 0.15) is 99.9 Å². The molecule has 6 aromatic rings. The van der Waals surface area contributed by atoms with Crippen molar-refractivity contribution < 1.29 is 68.9 Å². The Balaban J connectivity index is 0.619. The van der Waals surface area contributed by atoms with E-state index in [1.54, 1.807) is 40.9 Å². The van der Waals surface area contributed by atoms with E-state index >= 15 is 0 Å². The second-order valence-electron chi connectivity index (χ2n) is 25.3. The van der Waals surface area contributed by atoms with E-state index in [4.69, 9.17) is 14.2 Å². The Morgan fingerprint density at radius 1 is 0.663 bits per heavy atom. The molecule has 0 radical (unpaired) electrons. The van der Waals surface area contributed by atoms with Gasteiger partial charge in [0, 0.05) is 108 Å². The van der Waals surface area contributed by atoms with E-state index < -0.39 is 64.6 Å². The number of halogens is 7. The fourth-order valence-corrected chi connectivity index (χ4v) is 13.4. The average Bonchev–Trinajstić information content (AvgIpc) is 1.62. The number of hydrogen-bond donors (Lipinski definition) is 2. The summed E-state index contributed by atoms with van der Waals surface area (Å²) in [6.45, 7) is 5.02. The lowest BCUT2D eigenvalue weighted by atomic mass is 9.72. The number of ether oxygens (including phenoxy) is 3. The molecule has 3 heterocycles. The predicted octanol–water partition coefficient (Wildman–Crippen LogP) is 12.2. The normalized spacial score (nSPS) is 18.3. The van der Waals surface area contributed by atoms with E-state index in [1.165, 1.54) is 24.3 Å². The molecular formula is C72H81F7N8O8. The van der Waals surface area contributed by atoms with Crippen molar-refractivity contribution in [1.29, 1.82) is 0 Å². The number of amides is 5. The Morgan fingerprint density at radius 2 is 1.29 bits per heavy atom. The fraction of sp³-hybridized carbons (Fsp3) is 0.431. The lowest BCUT2D eigenvalue weighted by Gasteiger charge is -2.44. The second-order valence-corrected chi connectivity index (χ2v) is 25.3. The number of piperidine rings is 2. The van der Waals surface area contributed by atoms with Gasteiger partial charge >= 0.3 is 18.4 Å². The molecule has 506 valence electrons. The SMILES string of the molecule is CN(CCN1CCC(OC(=O)Nc2ccccc2-c2ccccc2)CC1)C(=O)CCCNc1ccc(C(=O)N(C)CCCN(C)C(=O)COC2Cc3ccccc3C23CCN(CC[C@@]2(c4ccc(F)cc4)CN(C(=O)c4cc(C(F)(F)F)cc(C(F)(F)F)c4)CO2)CC3)cc1. The molecule has 1 spiro atoms. The average molecular weight is 1320 g/mol. The van der Waals surface area contributed by atoms with Gasteiger partial charge in [-0.3, -0.25) is 24.5 Å². The highest BCUT2D eigenvalue weighted by atomic mass is 19.4. The van der Waals surface area contributed by atoms with Crippen molar-refractivity contribution in [2.24, 2.45) is 0 Å². The largest absolute Gasteiger partial charge is 0.446 e. The number of anilines is 2. The van der Waals surface area contributed by atoms with Crippen LogP contribution in [0.5, 0.6) is 0 Å². The van der Waals surface area contributed by atoms with Crippen LogP contribution >= 0.6 is 0 Å². The Labute approximate surface area is 549 Å². The Bertz CT molecular complexity index is 3590. The number of nitrogens with zero attached hydrogens (tertiary/aromatic N) is 6. The van der Waals surface area contributed by atoms with Crippen molar-refractivity contribution in [2.45, 2.75) is 93.4 Å². The number of carbonyl (C=O) groups excluding carboxylic acids is 5. The smallest absolute Gasteiger partial charge is 0.416 e. The number of carbonyl (C=O) groups is 5. The number of alkyl halides is 6. The summed E-state index contributed by atoms with van der Waals surface area (Å²) in [4.78, 5) is 77.3. The van der Waals surface area contributed by atoms with Crippen molar-refractivity contribution in [2.75, 3.05) is 117 Å². The second kappa shape index (κ2) is 30.6. The van der Waals surface area contributed by atoms with E-state index in [0.29, 0.717) is 126 Å². The maximum absolute atomic E-state index is 14.2. The molecule has 4 aliphatic rings. The minimum absolute atomic E-state index is 0.0299. The first-order valence-corrected chi connectivity index (χ1v) is 32.3. The number of rotatable bonds is 24. The van der Waals surface area contributed by atoms with E-state index in [1.807, 2.05) is 85.9 Å². The summed E-state index contributed by atoms with van der Waals surface area (Å²) in [7, 11) is 5.25. The van der Waals surface area contributed by atoms with Gasteiger partial charge in [0.2, 0.25) is 11.8 Å². The van der Waals surface area contributed by atoms with Crippen LogP contribution in [-0.2, 0) is 53.6 Å². The highest BCUT2D eigenvalue weighted by molar-refractivity contribution is 5.95. The maximum atomic E-state index is 14.2. The number of benzene rings is 6. The van der Waals surface area contributed by atoms with Gasteiger partial charge in [-0.2, -0.15) is 26.3 Å². The van der Waals surface area contributed by atoms with Gasteiger partial charge < -0.3 is 48.9 Å². The molecule has 3 saturated heterocycles. The van der Waals surface area contributed by atoms with Gasteiger partial charge in [0.15, 0.2) is 0 Å². The number of likely N-dealkylation sites (tertiary alicyclic amines) is 2. The molecule has 2 atom stereocenters. The Kier molecular flexibility index (Phi) is 22.3. The minimum atomic E-state index is -5.15. The fourth-order valence-electron chi connectivity index (χ4n) is 13.4. The summed E-state index contributed by atoms with van der Waals surface area (Å²) in [5, 5.41) is 6.27. The molecular weight excluding hydrogens is 1240 g/mol. The molecule has 3 fully saturated rings. The van der Waals surface area contributed by atoms with Crippen LogP contribution in [0.2, 0.25) is 0 Å². The van der Waals surface area contributed by atoms with Crippen LogP contribution < -0.4 is 10.6 Å². The monoisotopic (exact) mass is 1320 g/mol. The number of fused-ring (bicyclic) bond motifs is 2.